The molecule has 1 aromatic heterocycles. The molecule has 6 heteroatoms. The number of esters is 2. The van der Waals surface area contributed by atoms with Crippen LogP contribution in [-0.4, -0.2) is 23.0 Å². The summed E-state index contributed by atoms with van der Waals surface area (Å²) in [7, 11) is 0. The van der Waals surface area contributed by atoms with E-state index in [1.165, 1.54) is 13.8 Å². The molecule has 0 aliphatic heterocycles. The average molecular weight is 378 g/mol. The first-order valence-corrected chi connectivity index (χ1v) is 8.25. The van der Waals surface area contributed by atoms with Crippen molar-refractivity contribution in [3.05, 3.63) is 41.6 Å². The number of carbonyl (C=O) groups excluding carboxylic acids is 2. The lowest BCUT2D eigenvalue weighted by Crippen LogP contribution is -2.33. The van der Waals surface area contributed by atoms with Crippen LogP contribution in [0.15, 0.2) is 30.3 Å². The largest absolute Gasteiger partial charge is 0.458 e. The van der Waals surface area contributed by atoms with Crippen molar-refractivity contribution in [2.24, 2.45) is 0 Å². The van der Waals surface area contributed by atoms with Gasteiger partial charge in [-0.05, 0) is 12.1 Å². The number of para-hydroxylation sites is 1. The fraction of sp³-hybridized carbons (Fsp3) is 0.353. The molecule has 120 valence electrons. The first kappa shape index (κ1) is 15.9. The molecule has 1 aromatic carbocycles. The smallest absolute Gasteiger partial charge is 0.303 e. The van der Waals surface area contributed by atoms with E-state index in [0.29, 0.717) is 6.42 Å². The number of halogens is 1. The molecule has 0 N–H and O–H groups in total. The quantitative estimate of drug-likeness (QED) is 0.590. The van der Waals surface area contributed by atoms with Crippen LogP contribution in [0.2, 0.25) is 0 Å². The monoisotopic (exact) mass is 377 g/mol. The number of hydrogen-bond acceptors (Lipinski definition) is 5. The van der Waals surface area contributed by atoms with E-state index in [2.05, 4.69) is 20.9 Å². The van der Waals surface area contributed by atoms with Gasteiger partial charge in [0.2, 0.25) is 0 Å². The van der Waals surface area contributed by atoms with Gasteiger partial charge in [-0.25, -0.2) is 0 Å². The molecule has 0 saturated heterocycles. The van der Waals surface area contributed by atoms with E-state index >= 15 is 0 Å². The highest BCUT2D eigenvalue weighted by Gasteiger charge is 2.39. The predicted octanol–water partition coefficient (Wildman–Crippen LogP) is 3.61. The van der Waals surface area contributed by atoms with Crippen LogP contribution in [0, 0.1) is 0 Å². The molecule has 1 aliphatic rings. The molecule has 0 fully saturated rings. The molecule has 2 aromatic rings. The molecule has 1 aliphatic carbocycles. The fourth-order valence-electron chi connectivity index (χ4n) is 2.91. The molecular weight excluding hydrogens is 362 g/mol. The van der Waals surface area contributed by atoms with E-state index in [9.17, 15) is 9.59 Å². The molecule has 0 amide bonds. The second kappa shape index (κ2) is 6.28. The number of pyridine rings is 1. The summed E-state index contributed by atoms with van der Waals surface area (Å²) in [6.45, 7) is 2.70. The van der Waals surface area contributed by atoms with Crippen molar-refractivity contribution in [3.8, 4) is 0 Å². The van der Waals surface area contributed by atoms with E-state index in [-0.39, 0.29) is 4.83 Å². The van der Waals surface area contributed by atoms with Gasteiger partial charge in [0, 0.05) is 31.2 Å². The Hall–Kier alpha value is -1.95. The lowest BCUT2D eigenvalue weighted by molar-refractivity contribution is -0.167. The molecule has 1 heterocycles. The summed E-state index contributed by atoms with van der Waals surface area (Å²) in [5.41, 5.74) is 2.47. The first-order chi connectivity index (χ1) is 11.0. The number of carbonyl (C=O) groups is 2. The van der Waals surface area contributed by atoms with Crippen LogP contribution in [0.5, 0.6) is 0 Å². The van der Waals surface area contributed by atoms with Gasteiger partial charge in [-0.15, -0.1) is 0 Å². The van der Waals surface area contributed by atoms with Gasteiger partial charge in [0.1, 0.15) is 6.10 Å². The third-order valence-corrected chi connectivity index (χ3v) is 4.58. The summed E-state index contributed by atoms with van der Waals surface area (Å²) in [6.07, 6.45) is -0.677. The SMILES string of the molecule is CC(=O)O[C@H]1CC(Br)c2nc3ccccc3cc2[C@@H]1OC(C)=O. The van der Waals surface area contributed by atoms with Crippen molar-refractivity contribution in [2.45, 2.75) is 37.3 Å². The van der Waals surface area contributed by atoms with Crippen molar-refractivity contribution in [3.63, 3.8) is 0 Å². The zero-order chi connectivity index (χ0) is 16.6. The van der Waals surface area contributed by atoms with Gasteiger partial charge in [-0.2, -0.15) is 0 Å². The van der Waals surface area contributed by atoms with Crippen LogP contribution in [0.25, 0.3) is 10.9 Å². The predicted molar refractivity (Wildman–Crippen MR) is 88.1 cm³/mol. The summed E-state index contributed by atoms with van der Waals surface area (Å²) >= 11 is 3.60. The highest BCUT2D eigenvalue weighted by molar-refractivity contribution is 9.09. The van der Waals surface area contributed by atoms with E-state index in [1.807, 2.05) is 30.3 Å². The van der Waals surface area contributed by atoms with Gasteiger partial charge in [-0.3, -0.25) is 14.6 Å². The fourth-order valence-corrected chi connectivity index (χ4v) is 3.64. The van der Waals surface area contributed by atoms with Gasteiger partial charge < -0.3 is 9.47 Å². The minimum Gasteiger partial charge on any atom is -0.458 e. The Bertz CT molecular complexity index is 776. The van der Waals surface area contributed by atoms with Gasteiger partial charge in [0.05, 0.1) is 16.0 Å². The highest BCUT2D eigenvalue weighted by atomic mass is 79.9. The third kappa shape index (κ3) is 3.22. The number of benzene rings is 1. The van der Waals surface area contributed by atoms with E-state index in [1.54, 1.807) is 0 Å². The van der Waals surface area contributed by atoms with E-state index in [4.69, 9.17) is 9.47 Å². The topological polar surface area (TPSA) is 65.5 Å². The number of ether oxygens (including phenoxy) is 2. The van der Waals surface area contributed by atoms with Gasteiger partial charge in [-0.1, -0.05) is 34.1 Å². The standard InChI is InChI=1S/C17H16BrNO4/c1-9(20)22-15-8-13(18)16-12(17(15)23-10(2)21)7-11-5-3-4-6-14(11)19-16/h3-7,13,15,17H,8H2,1-2H3/t13?,15-,17-/m0/s1. The van der Waals surface area contributed by atoms with Crippen molar-refractivity contribution >= 4 is 38.8 Å². The number of aromatic nitrogens is 1. The summed E-state index contributed by atoms with van der Waals surface area (Å²) in [5, 5.41) is 0.951. The molecule has 3 rings (SSSR count). The minimum atomic E-state index is -0.641. The van der Waals surface area contributed by atoms with Gasteiger partial charge >= 0.3 is 11.9 Å². The van der Waals surface area contributed by atoms with Gasteiger partial charge in [0.25, 0.3) is 0 Å². The maximum Gasteiger partial charge on any atom is 0.303 e. The average Bonchev–Trinajstić information content (AvgIpc) is 2.49. The van der Waals surface area contributed by atoms with Gasteiger partial charge in [0.15, 0.2) is 6.10 Å². The van der Waals surface area contributed by atoms with Crippen LogP contribution in [-0.2, 0) is 19.1 Å². The maximum atomic E-state index is 11.5. The lowest BCUT2D eigenvalue weighted by Gasteiger charge is -2.34. The molecule has 5 nitrogen and oxygen atoms in total. The highest BCUT2D eigenvalue weighted by Crippen LogP contribution is 2.44. The number of fused-ring (bicyclic) bond motifs is 2. The van der Waals surface area contributed by atoms with Crippen molar-refractivity contribution in [2.75, 3.05) is 0 Å². The molecule has 3 atom stereocenters. The number of nitrogens with zero attached hydrogens (tertiary/aromatic N) is 1. The lowest BCUT2D eigenvalue weighted by atomic mass is 9.89. The minimum absolute atomic E-state index is 0.0711. The first-order valence-electron chi connectivity index (χ1n) is 7.34. The molecule has 23 heavy (non-hydrogen) atoms. The van der Waals surface area contributed by atoms with E-state index < -0.39 is 24.1 Å². The number of hydrogen-bond donors (Lipinski definition) is 0. The molecule has 0 radical (unpaired) electrons. The Morgan fingerprint density at radius 3 is 2.57 bits per heavy atom. The van der Waals surface area contributed by atoms with Crippen LogP contribution >= 0.6 is 15.9 Å². The normalized spacial score (nSPS) is 23.2. The molecule has 0 spiro atoms. The Kier molecular flexibility index (Phi) is 4.35. The molecule has 0 bridgehead atoms. The van der Waals surface area contributed by atoms with Crippen LogP contribution in [0.1, 0.15) is 42.5 Å². The molecular formula is C17H16BrNO4. The van der Waals surface area contributed by atoms with Crippen LogP contribution < -0.4 is 0 Å². The Morgan fingerprint density at radius 2 is 1.87 bits per heavy atom. The Balaban J connectivity index is 2.12. The summed E-state index contributed by atoms with van der Waals surface area (Å²) in [6, 6.07) is 9.70. The van der Waals surface area contributed by atoms with Crippen molar-refractivity contribution < 1.29 is 19.1 Å². The zero-order valence-corrected chi connectivity index (χ0v) is 14.4. The molecule has 0 saturated carbocycles. The van der Waals surface area contributed by atoms with Crippen molar-refractivity contribution in [1.82, 2.24) is 4.98 Å². The Labute approximate surface area is 142 Å². The third-order valence-electron chi connectivity index (χ3n) is 3.77. The van der Waals surface area contributed by atoms with Crippen LogP contribution in [0.3, 0.4) is 0 Å². The van der Waals surface area contributed by atoms with E-state index in [0.717, 1.165) is 22.2 Å². The number of alkyl halides is 1. The zero-order valence-electron chi connectivity index (χ0n) is 12.8. The summed E-state index contributed by atoms with van der Waals surface area (Å²) in [5.74, 6) is -0.816. The molecule has 1 unspecified atom stereocenters. The second-order valence-corrected chi connectivity index (χ2v) is 6.64. The van der Waals surface area contributed by atoms with Crippen molar-refractivity contribution in [1.29, 1.82) is 0 Å². The Morgan fingerprint density at radius 1 is 1.17 bits per heavy atom. The summed E-state index contributed by atoms with van der Waals surface area (Å²) < 4.78 is 10.8. The summed E-state index contributed by atoms with van der Waals surface area (Å²) in [4.78, 5) is 27.5. The van der Waals surface area contributed by atoms with Crippen LogP contribution in [0.4, 0.5) is 0 Å². The maximum absolute atomic E-state index is 11.5. The second-order valence-electron chi connectivity index (χ2n) is 5.54. The number of rotatable bonds is 2.